The Morgan fingerprint density at radius 1 is 1.20 bits per heavy atom. The summed E-state index contributed by atoms with van der Waals surface area (Å²) in [5, 5.41) is 17.8. The van der Waals surface area contributed by atoms with Gasteiger partial charge in [-0.1, -0.05) is 12.1 Å². The maximum atomic E-state index is 10.6. The molecule has 20 heavy (non-hydrogen) atoms. The average molecular weight is 269 g/mol. The van der Waals surface area contributed by atoms with Crippen molar-refractivity contribution in [2.24, 2.45) is 0 Å². The third-order valence-electron chi connectivity index (χ3n) is 2.88. The van der Waals surface area contributed by atoms with Gasteiger partial charge in [0.2, 0.25) is 0 Å². The normalized spacial score (nSPS) is 10.6. The lowest BCUT2D eigenvalue weighted by molar-refractivity contribution is -0.384. The molecule has 0 atom stereocenters. The molecule has 0 radical (unpaired) electrons. The highest BCUT2D eigenvalue weighted by atomic mass is 16.6. The molecule has 3 aromatic rings. The number of nitro groups is 1. The average Bonchev–Trinajstić information content (AvgIpc) is 2.93. The molecule has 0 aliphatic carbocycles. The highest BCUT2D eigenvalue weighted by Gasteiger charge is 2.04. The van der Waals surface area contributed by atoms with Crippen molar-refractivity contribution in [3.05, 3.63) is 64.5 Å². The molecule has 0 aliphatic heterocycles. The third-order valence-corrected chi connectivity index (χ3v) is 2.88. The van der Waals surface area contributed by atoms with E-state index >= 15 is 0 Å². The van der Waals surface area contributed by atoms with E-state index in [0.29, 0.717) is 6.54 Å². The predicted molar refractivity (Wildman–Crippen MR) is 73.4 cm³/mol. The number of benzene rings is 1. The van der Waals surface area contributed by atoms with E-state index in [4.69, 9.17) is 0 Å². The van der Waals surface area contributed by atoms with Crippen LogP contribution in [0.4, 0.5) is 11.5 Å². The molecule has 0 amide bonds. The fraction of sp³-hybridized carbons (Fsp3) is 0.0769. The molecule has 0 unspecified atom stereocenters. The lowest BCUT2D eigenvalue weighted by Crippen LogP contribution is -2.02. The van der Waals surface area contributed by atoms with Crippen molar-refractivity contribution in [3.63, 3.8) is 0 Å². The topological polar surface area (TPSA) is 85.4 Å². The van der Waals surface area contributed by atoms with Crippen molar-refractivity contribution in [3.8, 4) is 0 Å². The van der Waals surface area contributed by atoms with Crippen LogP contribution in [-0.4, -0.2) is 19.5 Å². The molecule has 1 aromatic carbocycles. The predicted octanol–water partition coefficient (Wildman–Crippen LogP) is 2.25. The zero-order valence-electron chi connectivity index (χ0n) is 10.4. The summed E-state index contributed by atoms with van der Waals surface area (Å²) in [6.07, 6.45) is 3.50. The van der Waals surface area contributed by atoms with Crippen molar-refractivity contribution >= 4 is 17.2 Å². The van der Waals surface area contributed by atoms with Crippen LogP contribution in [-0.2, 0) is 6.54 Å². The molecule has 0 saturated carbocycles. The van der Waals surface area contributed by atoms with Crippen LogP contribution in [0.15, 0.2) is 48.8 Å². The Labute approximate surface area is 114 Å². The number of nitrogens with zero attached hydrogens (tertiary/aromatic N) is 4. The first-order valence-electron chi connectivity index (χ1n) is 6.00. The number of aromatic nitrogens is 3. The molecular formula is C13H11N5O2. The van der Waals surface area contributed by atoms with Gasteiger partial charge in [-0.3, -0.25) is 10.1 Å². The van der Waals surface area contributed by atoms with Crippen molar-refractivity contribution in [2.45, 2.75) is 6.54 Å². The number of fused-ring (bicyclic) bond motifs is 1. The lowest BCUT2D eigenvalue weighted by atomic mass is 10.2. The van der Waals surface area contributed by atoms with E-state index in [2.05, 4.69) is 15.4 Å². The maximum Gasteiger partial charge on any atom is 0.269 e. The Kier molecular flexibility index (Phi) is 3.00. The second-order valence-electron chi connectivity index (χ2n) is 4.22. The number of nitro benzene ring substituents is 1. The van der Waals surface area contributed by atoms with Crippen LogP contribution in [0.2, 0.25) is 0 Å². The van der Waals surface area contributed by atoms with Gasteiger partial charge in [0.05, 0.1) is 11.1 Å². The van der Waals surface area contributed by atoms with Gasteiger partial charge in [0.25, 0.3) is 5.69 Å². The van der Waals surface area contributed by atoms with Crippen molar-refractivity contribution < 1.29 is 4.92 Å². The highest BCUT2D eigenvalue weighted by Crippen LogP contribution is 2.13. The Bertz CT molecular complexity index is 751. The van der Waals surface area contributed by atoms with Gasteiger partial charge in [0.1, 0.15) is 5.82 Å². The number of hydrogen-bond acceptors (Lipinski definition) is 5. The second-order valence-corrected chi connectivity index (χ2v) is 4.22. The molecule has 3 rings (SSSR count). The van der Waals surface area contributed by atoms with Crippen LogP contribution >= 0.6 is 0 Å². The Morgan fingerprint density at radius 2 is 2.00 bits per heavy atom. The minimum absolute atomic E-state index is 0.0903. The molecule has 100 valence electrons. The molecule has 7 heteroatoms. The minimum atomic E-state index is -0.410. The van der Waals surface area contributed by atoms with E-state index in [-0.39, 0.29) is 5.69 Å². The van der Waals surface area contributed by atoms with Gasteiger partial charge in [-0.05, 0) is 11.6 Å². The van der Waals surface area contributed by atoms with Gasteiger partial charge in [-0.2, -0.15) is 5.10 Å². The summed E-state index contributed by atoms with van der Waals surface area (Å²) >= 11 is 0. The standard InChI is InChI=1S/C13H11N5O2/c19-18(20)11-3-1-10(2-4-11)9-14-12-6-8-17-13(16-12)5-7-15-17/h1-8H,9H2,(H,14,16). The molecule has 0 aliphatic rings. The summed E-state index contributed by atoms with van der Waals surface area (Å²) in [5.41, 5.74) is 1.80. The van der Waals surface area contributed by atoms with Crippen LogP contribution in [0.25, 0.3) is 5.65 Å². The van der Waals surface area contributed by atoms with Crippen molar-refractivity contribution in [1.82, 2.24) is 14.6 Å². The number of rotatable bonds is 4. The monoisotopic (exact) mass is 269 g/mol. The van der Waals surface area contributed by atoms with E-state index < -0.39 is 4.92 Å². The first kappa shape index (κ1) is 12.1. The maximum absolute atomic E-state index is 10.6. The molecule has 2 aromatic heterocycles. The summed E-state index contributed by atoms with van der Waals surface area (Å²) in [7, 11) is 0. The van der Waals surface area contributed by atoms with E-state index in [1.165, 1.54) is 12.1 Å². The highest BCUT2D eigenvalue weighted by molar-refractivity contribution is 5.46. The third kappa shape index (κ3) is 2.41. The molecule has 1 N–H and O–H groups in total. The largest absolute Gasteiger partial charge is 0.366 e. The number of hydrogen-bond donors (Lipinski definition) is 1. The first-order valence-corrected chi connectivity index (χ1v) is 6.00. The first-order chi connectivity index (χ1) is 9.72. The quantitative estimate of drug-likeness (QED) is 0.580. The lowest BCUT2D eigenvalue weighted by Gasteiger charge is -2.05. The summed E-state index contributed by atoms with van der Waals surface area (Å²) in [6.45, 7) is 0.551. The van der Waals surface area contributed by atoms with Crippen LogP contribution in [0.1, 0.15) is 5.56 Å². The molecule has 0 fully saturated rings. The second kappa shape index (κ2) is 4.96. The molecule has 2 heterocycles. The SMILES string of the molecule is O=[N+]([O-])c1ccc(CNc2ccn3nccc3n2)cc1. The van der Waals surface area contributed by atoms with Crippen LogP contribution < -0.4 is 5.32 Å². The fourth-order valence-electron chi connectivity index (χ4n) is 1.84. The zero-order valence-corrected chi connectivity index (χ0v) is 10.4. The van der Waals surface area contributed by atoms with E-state index in [1.54, 1.807) is 22.8 Å². The Hall–Kier alpha value is -2.96. The summed E-state index contributed by atoms with van der Waals surface area (Å²) in [6, 6.07) is 10.1. The van der Waals surface area contributed by atoms with E-state index in [9.17, 15) is 10.1 Å². The number of anilines is 1. The van der Waals surface area contributed by atoms with Gasteiger partial charge in [0.15, 0.2) is 5.65 Å². The van der Waals surface area contributed by atoms with Gasteiger partial charge in [0, 0.05) is 30.9 Å². The van der Waals surface area contributed by atoms with Crippen molar-refractivity contribution in [1.29, 1.82) is 0 Å². The van der Waals surface area contributed by atoms with Gasteiger partial charge >= 0.3 is 0 Å². The summed E-state index contributed by atoms with van der Waals surface area (Å²) in [4.78, 5) is 14.5. The minimum Gasteiger partial charge on any atom is -0.366 e. The van der Waals surface area contributed by atoms with Crippen LogP contribution in [0.5, 0.6) is 0 Å². The van der Waals surface area contributed by atoms with Gasteiger partial charge in [-0.25, -0.2) is 9.50 Å². The van der Waals surface area contributed by atoms with E-state index in [1.807, 2.05) is 18.3 Å². The molecule has 0 bridgehead atoms. The van der Waals surface area contributed by atoms with Crippen molar-refractivity contribution in [2.75, 3.05) is 5.32 Å². The number of non-ortho nitro benzene ring substituents is 1. The Morgan fingerprint density at radius 3 is 2.75 bits per heavy atom. The smallest absolute Gasteiger partial charge is 0.269 e. The molecular weight excluding hydrogens is 258 g/mol. The summed E-state index contributed by atoms with van der Waals surface area (Å²) < 4.78 is 1.68. The Balaban J connectivity index is 1.70. The van der Waals surface area contributed by atoms with E-state index in [0.717, 1.165) is 17.0 Å². The number of nitrogens with one attached hydrogen (secondary N) is 1. The van der Waals surface area contributed by atoms with Gasteiger partial charge < -0.3 is 5.32 Å². The molecule has 0 saturated heterocycles. The van der Waals surface area contributed by atoms with Crippen LogP contribution in [0, 0.1) is 10.1 Å². The molecule has 7 nitrogen and oxygen atoms in total. The van der Waals surface area contributed by atoms with Crippen LogP contribution in [0.3, 0.4) is 0 Å². The van der Waals surface area contributed by atoms with Gasteiger partial charge in [-0.15, -0.1) is 0 Å². The zero-order chi connectivity index (χ0) is 13.9. The summed E-state index contributed by atoms with van der Waals surface area (Å²) in [5.74, 6) is 0.733. The molecule has 0 spiro atoms. The fourth-order valence-corrected chi connectivity index (χ4v) is 1.84.